The van der Waals surface area contributed by atoms with Gasteiger partial charge < -0.3 is 4.74 Å². The largest absolute Gasteiger partial charge is 0.485 e. The first-order valence-electron chi connectivity index (χ1n) is 6.74. The molecule has 21 heavy (non-hydrogen) atoms. The highest BCUT2D eigenvalue weighted by Gasteiger charge is 2.21. The van der Waals surface area contributed by atoms with E-state index in [1.807, 2.05) is 20.8 Å². The molecule has 1 aromatic heterocycles. The number of aryl methyl sites for hydroxylation is 1. The van der Waals surface area contributed by atoms with E-state index in [4.69, 9.17) is 4.74 Å². The molecule has 0 spiro atoms. The normalized spacial score (nSPS) is 11.7. The van der Waals surface area contributed by atoms with E-state index in [1.165, 1.54) is 10.6 Å². The molecule has 0 saturated heterocycles. The Kier molecular flexibility index (Phi) is 3.89. The lowest BCUT2D eigenvalue weighted by molar-refractivity contribution is 0.281. The third-order valence-corrected chi connectivity index (χ3v) is 3.40. The number of halogens is 1. The highest BCUT2D eigenvalue weighted by molar-refractivity contribution is 5.42. The summed E-state index contributed by atoms with van der Waals surface area (Å²) in [6.07, 6.45) is 0. The van der Waals surface area contributed by atoms with Gasteiger partial charge in [0.1, 0.15) is 18.2 Å². The van der Waals surface area contributed by atoms with Gasteiger partial charge in [-0.15, -0.1) is 0 Å². The fraction of sp³-hybridized carbons (Fsp3) is 0.467. The van der Waals surface area contributed by atoms with Crippen LogP contribution in [0.3, 0.4) is 0 Å². The lowest BCUT2D eigenvalue weighted by atomic mass is 9.85. The summed E-state index contributed by atoms with van der Waals surface area (Å²) >= 11 is 0. The van der Waals surface area contributed by atoms with Gasteiger partial charge in [0.15, 0.2) is 5.82 Å². The summed E-state index contributed by atoms with van der Waals surface area (Å²) in [5.74, 6) is 0.621. The van der Waals surface area contributed by atoms with Gasteiger partial charge in [-0.2, -0.15) is 5.10 Å². The minimum atomic E-state index is -0.311. The first kappa shape index (κ1) is 15.3. The summed E-state index contributed by atoms with van der Waals surface area (Å²) in [6, 6.07) is 3.19. The molecule has 2 aromatic rings. The molecular formula is C15H20FN3O2. The number of rotatable bonds is 3. The number of hydrogen-bond acceptors (Lipinski definition) is 3. The van der Waals surface area contributed by atoms with Crippen LogP contribution in [0.2, 0.25) is 0 Å². The topological polar surface area (TPSA) is 59.9 Å². The molecule has 2 rings (SSSR count). The highest BCUT2D eigenvalue weighted by atomic mass is 19.1. The second kappa shape index (κ2) is 5.35. The van der Waals surface area contributed by atoms with Gasteiger partial charge in [-0.1, -0.05) is 20.8 Å². The summed E-state index contributed by atoms with van der Waals surface area (Å²) in [7, 11) is 1.60. The van der Waals surface area contributed by atoms with Crippen LogP contribution in [0.5, 0.6) is 5.75 Å². The molecule has 0 unspecified atom stereocenters. The Balaban J connectivity index is 2.33. The van der Waals surface area contributed by atoms with E-state index in [1.54, 1.807) is 20.0 Å². The van der Waals surface area contributed by atoms with Crippen molar-refractivity contribution in [3.8, 4) is 5.75 Å². The number of ether oxygens (including phenoxy) is 1. The van der Waals surface area contributed by atoms with Crippen molar-refractivity contribution in [1.82, 2.24) is 14.8 Å². The Morgan fingerprint density at radius 2 is 2.05 bits per heavy atom. The molecule has 114 valence electrons. The van der Waals surface area contributed by atoms with Gasteiger partial charge in [-0.25, -0.2) is 14.3 Å². The Hall–Kier alpha value is -2.11. The molecule has 0 atom stereocenters. The molecule has 0 aliphatic rings. The van der Waals surface area contributed by atoms with E-state index in [0.29, 0.717) is 17.1 Å². The van der Waals surface area contributed by atoms with E-state index in [9.17, 15) is 9.18 Å². The standard InChI is InChI=1S/C15H20FN3O2/c1-9-6-10(15(2,3)4)12(7-11(9)16)21-8-13-17-18-14(20)19(13)5/h6-7H,8H2,1-5H3,(H,18,20). The molecule has 0 radical (unpaired) electrons. The fourth-order valence-electron chi connectivity index (χ4n) is 2.02. The van der Waals surface area contributed by atoms with Crippen LogP contribution in [0.1, 0.15) is 37.7 Å². The van der Waals surface area contributed by atoms with Crippen molar-refractivity contribution in [2.24, 2.45) is 7.05 Å². The average molecular weight is 293 g/mol. The van der Waals surface area contributed by atoms with Crippen LogP contribution in [0.15, 0.2) is 16.9 Å². The predicted molar refractivity (Wildman–Crippen MR) is 78.0 cm³/mol. The third-order valence-electron chi connectivity index (χ3n) is 3.40. The van der Waals surface area contributed by atoms with Crippen molar-refractivity contribution in [2.45, 2.75) is 39.7 Å². The Bertz CT molecular complexity index is 711. The van der Waals surface area contributed by atoms with Gasteiger partial charge >= 0.3 is 5.69 Å². The maximum Gasteiger partial charge on any atom is 0.343 e. The molecule has 0 fully saturated rings. The summed E-state index contributed by atoms with van der Waals surface area (Å²) in [6.45, 7) is 7.94. The zero-order valence-corrected chi connectivity index (χ0v) is 13.0. The molecule has 0 aliphatic carbocycles. The Morgan fingerprint density at radius 3 is 2.57 bits per heavy atom. The molecule has 0 aliphatic heterocycles. The molecule has 1 N–H and O–H groups in total. The fourth-order valence-corrected chi connectivity index (χ4v) is 2.02. The number of aromatic nitrogens is 3. The van der Waals surface area contributed by atoms with Gasteiger partial charge in [-0.3, -0.25) is 4.57 Å². The lowest BCUT2D eigenvalue weighted by Crippen LogP contribution is -2.17. The zero-order valence-electron chi connectivity index (χ0n) is 13.0. The number of aromatic amines is 1. The molecule has 1 aromatic carbocycles. The number of nitrogens with zero attached hydrogens (tertiary/aromatic N) is 2. The van der Waals surface area contributed by atoms with Crippen molar-refractivity contribution < 1.29 is 9.13 Å². The van der Waals surface area contributed by atoms with Gasteiger partial charge in [0, 0.05) is 13.1 Å². The van der Waals surface area contributed by atoms with E-state index in [-0.39, 0.29) is 23.5 Å². The predicted octanol–water partition coefficient (Wildman–Crippen LogP) is 2.43. The summed E-state index contributed by atoms with van der Waals surface area (Å²) in [5, 5.41) is 6.21. The van der Waals surface area contributed by atoms with Gasteiger partial charge in [0.2, 0.25) is 0 Å². The monoisotopic (exact) mass is 293 g/mol. The third kappa shape index (κ3) is 3.15. The van der Waals surface area contributed by atoms with Crippen LogP contribution in [0.25, 0.3) is 0 Å². The van der Waals surface area contributed by atoms with Gasteiger partial charge in [0.05, 0.1) is 0 Å². The van der Waals surface area contributed by atoms with E-state index >= 15 is 0 Å². The summed E-state index contributed by atoms with van der Waals surface area (Å²) < 4.78 is 20.9. The van der Waals surface area contributed by atoms with Crippen molar-refractivity contribution in [1.29, 1.82) is 0 Å². The minimum absolute atomic E-state index is 0.0980. The second-order valence-electron chi connectivity index (χ2n) is 6.14. The van der Waals surface area contributed by atoms with Gasteiger partial charge in [-0.05, 0) is 29.5 Å². The van der Waals surface area contributed by atoms with E-state index < -0.39 is 0 Å². The molecule has 0 bridgehead atoms. The average Bonchev–Trinajstić information content (AvgIpc) is 2.70. The van der Waals surface area contributed by atoms with Crippen LogP contribution in [-0.4, -0.2) is 14.8 Å². The molecule has 1 heterocycles. The second-order valence-corrected chi connectivity index (χ2v) is 6.14. The number of H-pyrrole nitrogens is 1. The molecule has 6 heteroatoms. The molecule has 5 nitrogen and oxygen atoms in total. The first-order valence-corrected chi connectivity index (χ1v) is 6.74. The number of nitrogens with one attached hydrogen (secondary N) is 1. The summed E-state index contributed by atoms with van der Waals surface area (Å²) in [4.78, 5) is 11.3. The van der Waals surface area contributed by atoms with Crippen molar-refractivity contribution in [3.05, 3.63) is 45.4 Å². The van der Waals surface area contributed by atoms with E-state index in [2.05, 4.69) is 10.2 Å². The molecule has 0 saturated carbocycles. The van der Waals surface area contributed by atoms with Gasteiger partial charge in [0.25, 0.3) is 0 Å². The SMILES string of the molecule is Cc1cc(C(C)(C)C)c(OCc2n[nH]c(=O)n2C)cc1F. The highest BCUT2D eigenvalue weighted by Crippen LogP contribution is 2.33. The van der Waals surface area contributed by atoms with Crippen LogP contribution in [-0.2, 0) is 19.1 Å². The van der Waals surface area contributed by atoms with Crippen LogP contribution >= 0.6 is 0 Å². The Morgan fingerprint density at radius 1 is 1.38 bits per heavy atom. The number of benzene rings is 1. The maximum atomic E-state index is 13.8. The van der Waals surface area contributed by atoms with Crippen LogP contribution < -0.4 is 10.4 Å². The van der Waals surface area contributed by atoms with Crippen LogP contribution in [0, 0.1) is 12.7 Å². The Labute approximate surface area is 122 Å². The van der Waals surface area contributed by atoms with Crippen molar-refractivity contribution >= 4 is 0 Å². The lowest BCUT2D eigenvalue weighted by Gasteiger charge is -2.23. The quantitative estimate of drug-likeness (QED) is 0.945. The van der Waals surface area contributed by atoms with Crippen molar-refractivity contribution in [2.75, 3.05) is 0 Å². The minimum Gasteiger partial charge on any atom is -0.485 e. The maximum absolute atomic E-state index is 13.8. The first-order chi connectivity index (χ1) is 9.70. The summed E-state index contributed by atoms with van der Waals surface area (Å²) in [5.41, 5.74) is 1.02. The van der Waals surface area contributed by atoms with Crippen molar-refractivity contribution in [3.63, 3.8) is 0 Å². The molecule has 0 amide bonds. The zero-order chi connectivity index (χ0) is 15.8. The van der Waals surface area contributed by atoms with E-state index in [0.717, 1.165) is 5.56 Å². The smallest absolute Gasteiger partial charge is 0.343 e. The number of hydrogen-bond donors (Lipinski definition) is 1. The molecular weight excluding hydrogens is 273 g/mol. The van der Waals surface area contributed by atoms with Crippen LogP contribution in [0.4, 0.5) is 4.39 Å².